The average Bonchev–Trinajstić information content (AvgIpc) is 3.15. The zero-order chi connectivity index (χ0) is 17.6. The fourth-order valence-corrected chi connectivity index (χ4v) is 3.30. The Morgan fingerprint density at radius 3 is 2.72 bits per heavy atom. The van der Waals surface area contributed by atoms with Crippen LogP contribution in [0.15, 0.2) is 36.4 Å². The van der Waals surface area contributed by atoms with Crippen molar-refractivity contribution in [1.82, 2.24) is 0 Å². The van der Waals surface area contributed by atoms with Crippen LogP contribution in [0, 0.1) is 11.7 Å². The number of hydrogen-bond acceptors (Lipinski definition) is 4. The van der Waals surface area contributed by atoms with Crippen molar-refractivity contribution in [3.05, 3.63) is 52.8 Å². The molecule has 1 fully saturated rings. The number of carbonyl (C=O) groups excluding carboxylic acids is 2. The first-order chi connectivity index (χ1) is 12.0. The van der Waals surface area contributed by atoms with Crippen LogP contribution >= 0.6 is 11.6 Å². The van der Waals surface area contributed by atoms with E-state index in [9.17, 15) is 14.0 Å². The lowest BCUT2D eigenvalue weighted by Gasteiger charge is -2.15. The Labute approximate surface area is 147 Å². The van der Waals surface area contributed by atoms with Crippen molar-refractivity contribution in [2.45, 2.75) is 12.8 Å². The highest BCUT2D eigenvalue weighted by Crippen LogP contribution is 2.38. The molecule has 0 bridgehead atoms. The molecular formula is C18H13ClFNO4. The van der Waals surface area contributed by atoms with E-state index in [-0.39, 0.29) is 30.1 Å². The van der Waals surface area contributed by atoms with Gasteiger partial charge in [0.05, 0.1) is 16.6 Å². The summed E-state index contributed by atoms with van der Waals surface area (Å²) in [7, 11) is 0. The van der Waals surface area contributed by atoms with Gasteiger partial charge in [-0.15, -0.1) is 0 Å². The van der Waals surface area contributed by atoms with Crippen LogP contribution in [0.25, 0.3) is 0 Å². The molecule has 0 N–H and O–H groups in total. The number of carbonyl (C=O) groups is 2. The molecule has 2 aliphatic heterocycles. The van der Waals surface area contributed by atoms with Crippen LogP contribution in [-0.2, 0) is 16.0 Å². The zero-order valence-corrected chi connectivity index (χ0v) is 13.8. The second-order valence-electron chi connectivity index (χ2n) is 5.96. The monoisotopic (exact) mass is 361 g/mol. The summed E-state index contributed by atoms with van der Waals surface area (Å²) in [5.74, 6) is -0.487. The topological polar surface area (TPSA) is 55.8 Å². The fourth-order valence-electron chi connectivity index (χ4n) is 3.10. The summed E-state index contributed by atoms with van der Waals surface area (Å²) in [5.41, 5.74) is 1.17. The molecule has 5 nitrogen and oxygen atoms in total. The normalized spacial score (nSPS) is 19.0. The maximum atomic E-state index is 13.3. The third-order valence-corrected chi connectivity index (χ3v) is 4.61. The molecular weight excluding hydrogens is 349 g/mol. The lowest BCUT2D eigenvalue weighted by molar-refractivity contribution is -0.122. The van der Waals surface area contributed by atoms with E-state index in [1.165, 1.54) is 12.1 Å². The van der Waals surface area contributed by atoms with Crippen LogP contribution in [0.3, 0.4) is 0 Å². The van der Waals surface area contributed by atoms with Gasteiger partial charge < -0.3 is 9.47 Å². The molecule has 2 aromatic carbocycles. The molecule has 2 aromatic rings. The van der Waals surface area contributed by atoms with Gasteiger partial charge in [-0.25, -0.2) is 4.39 Å². The maximum absolute atomic E-state index is 13.3. The molecule has 0 aliphatic carbocycles. The third-order valence-electron chi connectivity index (χ3n) is 4.32. The van der Waals surface area contributed by atoms with E-state index in [0.717, 1.165) is 4.90 Å². The highest BCUT2D eigenvalue weighted by atomic mass is 35.5. The molecule has 0 spiro atoms. The molecule has 128 valence electrons. The van der Waals surface area contributed by atoms with E-state index >= 15 is 0 Å². The Hall–Kier alpha value is -2.60. The lowest BCUT2D eigenvalue weighted by Crippen LogP contribution is -2.30. The van der Waals surface area contributed by atoms with E-state index in [2.05, 4.69) is 0 Å². The lowest BCUT2D eigenvalue weighted by atomic mass is 9.98. The number of halogens is 2. The summed E-state index contributed by atoms with van der Waals surface area (Å²) in [6.07, 6.45) is 0.424. The summed E-state index contributed by atoms with van der Waals surface area (Å²) in [6, 6.07) is 9.26. The first-order valence-electron chi connectivity index (χ1n) is 7.73. The van der Waals surface area contributed by atoms with E-state index in [0.29, 0.717) is 29.2 Å². The molecule has 1 atom stereocenters. The molecule has 4 rings (SSSR count). The molecule has 1 saturated heterocycles. The Morgan fingerprint density at radius 2 is 1.92 bits per heavy atom. The SMILES string of the molecule is O=C1CC(Cc2ccc(F)c(Cl)c2)C(=O)N1c1ccc2c(c1)OCO2. The van der Waals surface area contributed by atoms with Gasteiger partial charge in [-0.3, -0.25) is 14.5 Å². The number of benzene rings is 2. The van der Waals surface area contributed by atoms with Crippen molar-refractivity contribution in [1.29, 1.82) is 0 Å². The van der Waals surface area contributed by atoms with Gasteiger partial charge in [0.2, 0.25) is 18.6 Å². The second kappa shape index (κ2) is 6.04. The Bertz CT molecular complexity index is 885. The minimum Gasteiger partial charge on any atom is -0.454 e. The van der Waals surface area contributed by atoms with Gasteiger partial charge in [-0.05, 0) is 36.2 Å². The predicted molar refractivity (Wildman–Crippen MR) is 88.3 cm³/mol. The highest BCUT2D eigenvalue weighted by molar-refractivity contribution is 6.30. The minimum atomic E-state index is -0.513. The molecule has 1 unspecified atom stereocenters. The number of rotatable bonds is 3. The summed E-state index contributed by atoms with van der Waals surface area (Å²) >= 11 is 5.78. The average molecular weight is 362 g/mol. The molecule has 2 amide bonds. The summed E-state index contributed by atoms with van der Waals surface area (Å²) < 4.78 is 23.8. The van der Waals surface area contributed by atoms with E-state index < -0.39 is 11.7 Å². The van der Waals surface area contributed by atoms with Crippen LogP contribution in [0.2, 0.25) is 5.02 Å². The fraction of sp³-hybridized carbons (Fsp3) is 0.222. The number of imide groups is 1. The number of anilines is 1. The Kier molecular flexibility index (Phi) is 3.84. The van der Waals surface area contributed by atoms with Crippen LogP contribution in [0.5, 0.6) is 11.5 Å². The quantitative estimate of drug-likeness (QED) is 0.787. The van der Waals surface area contributed by atoms with Gasteiger partial charge >= 0.3 is 0 Å². The summed E-state index contributed by atoms with van der Waals surface area (Å²) in [6.45, 7) is 0.120. The molecule has 7 heteroatoms. The van der Waals surface area contributed by atoms with Crippen molar-refractivity contribution in [3.8, 4) is 11.5 Å². The van der Waals surface area contributed by atoms with E-state index in [1.54, 1.807) is 24.3 Å². The maximum Gasteiger partial charge on any atom is 0.237 e. The van der Waals surface area contributed by atoms with Crippen LogP contribution in [0.1, 0.15) is 12.0 Å². The largest absolute Gasteiger partial charge is 0.454 e. The van der Waals surface area contributed by atoms with Crippen molar-refractivity contribution in [2.75, 3.05) is 11.7 Å². The second-order valence-corrected chi connectivity index (χ2v) is 6.37. The van der Waals surface area contributed by atoms with Gasteiger partial charge in [-0.2, -0.15) is 0 Å². The molecule has 0 saturated carbocycles. The number of hydrogen-bond donors (Lipinski definition) is 0. The smallest absolute Gasteiger partial charge is 0.237 e. The number of nitrogens with zero attached hydrogens (tertiary/aromatic N) is 1. The van der Waals surface area contributed by atoms with Crippen molar-refractivity contribution in [2.24, 2.45) is 5.92 Å². The first kappa shape index (κ1) is 15.9. The Morgan fingerprint density at radius 1 is 1.12 bits per heavy atom. The first-order valence-corrected chi connectivity index (χ1v) is 8.11. The number of fused-ring (bicyclic) bond motifs is 1. The summed E-state index contributed by atoms with van der Waals surface area (Å²) in [4.78, 5) is 26.2. The van der Waals surface area contributed by atoms with Crippen LogP contribution in [0.4, 0.5) is 10.1 Å². The zero-order valence-electron chi connectivity index (χ0n) is 13.0. The predicted octanol–water partition coefficient (Wildman–Crippen LogP) is 3.33. The molecule has 0 radical (unpaired) electrons. The van der Waals surface area contributed by atoms with Crippen molar-refractivity contribution >= 4 is 29.1 Å². The molecule has 2 aliphatic rings. The van der Waals surface area contributed by atoms with Gasteiger partial charge in [0.25, 0.3) is 0 Å². The van der Waals surface area contributed by atoms with Crippen LogP contribution < -0.4 is 14.4 Å². The molecule has 2 heterocycles. The standard InChI is InChI=1S/C18H13ClFNO4/c19-13-6-10(1-3-14(13)20)5-11-7-17(22)21(18(11)23)12-2-4-15-16(8-12)25-9-24-15/h1-4,6,8,11H,5,7,9H2. The van der Waals surface area contributed by atoms with E-state index in [4.69, 9.17) is 21.1 Å². The molecule has 25 heavy (non-hydrogen) atoms. The van der Waals surface area contributed by atoms with Gasteiger partial charge in [-0.1, -0.05) is 17.7 Å². The minimum absolute atomic E-state index is 0.00176. The van der Waals surface area contributed by atoms with E-state index in [1.807, 2.05) is 0 Å². The van der Waals surface area contributed by atoms with Crippen molar-refractivity contribution < 1.29 is 23.5 Å². The highest BCUT2D eigenvalue weighted by Gasteiger charge is 2.39. The van der Waals surface area contributed by atoms with Gasteiger partial charge in [0.15, 0.2) is 11.5 Å². The number of ether oxygens (including phenoxy) is 2. The third kappa shape index (κ3) is 2.82. The summed E-state index contributed by atoms with van der Waals surface area (Å²) in [5, 5.41) is 0.00176. The number of amides is 2. The van der Waals surface area contributed by atoms with Crippen LogP contribution in [-0.4, -0.2) is 18.6 Å². The Balaban J connectivity index is 1.56. The van der Waals surface area contributed by atoms with Gasteiger partial charge in [0.1, 0.15) is 5.82 Å². The van der Waals surface area contributed by atoms with Crippen molar-refractivity contribution in [3.63, 3.8) is 0 Å². The van der Waals surface area contributed by atoms with Gasteiger partial charge in [0, 0.05) is 12.5 Å². The molecule has 0 aromatic heterocycles.